The Hall–Kier alpha value is -3.35. The van der Waals surface area contributed by atoms with E-state index in [1.54, 1.807) is 32.5 Å². The number of hydrogen-bond donors (Lipinski definition) is 1. The zero-order valence-corrected chi connectivity index (χ0v) is 13.9. The molecule has 0 spiro atoms. The van der Waals surface area contributed by atoms with Crippen molar-refractivity contribution in [3.8, 4) is 11.5 Å². The first-order chi connectivity index (χ1) is 12.2. The second-order valence-corrected chi connectivity index (χ2v) is 5.32. The van der Waals surface area contributed by atoms with Crippen LogP contribution in [0.25, 0.3) is 10.8 Å². The minimum absolute atomic E-state index is 0.0348. The molecule has 0 aliphatic rings. The number of pyridine rings is 1. The number of nitrogens with one attached hydrogen (secondary N) is 1. The van der Waals surface area contributed by atoms with Crippen LogP contribution in [0.4, 0.5) is 11.4 Å². The molecule has 0 atom stereocenters. The van der Waals surface area contributed by atoms with Crippen molar-refractivity contribution in [2.75, 3.05) is 19.5 Å². The van der Waals surface area contributed by atoms with E-state index >= 15 is 0 Å². The van der Waals surface area contributed by atoms with E-state index in [-0.39, 0.29) is 5.69 Å². The predicted octanol–water partition coefficient (Wildman–Crippen LogP) is 3.77. The minimum Gasteiger partial charge on any atom is -0.493 e. The Labute approximate surface area is 144 Å². The number of para-hydroxylation sites is 1. The maximum atomic E-state index is 11.2. The van der Waals surface area contributed by atoms with Gasteiger partial charge in [0.05, 0.1) is 24.5 Å². The third-order valence-corrected chi connectivity index (χ3v) is 3.95. The van der Waals surface area contributed by atoms with Crippen molar-refractivity contribution in [3.05, 3.63) is 64.5 Å². The summed E-state index contributed by atoms with van der Waals surface area (Å²) in [6.45, 7) is 0.482. The molecule has 0 saturated heterocycles. The number of nitrogens with zero attached hydrogens (tertiary/aromatic N) is 2. The summed E-state index contributed by atoms with van der Waals surface area (Å²) in [5.74, 6) is 1.31. The Morgan fingerprint density at radius 3 is 2.68 bits per heavy atom. The monoisotopic (exact) mass is 339 g/mol. The predicted molar refractivity (Wildman–Crippen MR) is 95.3 cm³/mol. The summed E-state index contributed by atoms with van der Waals surface area (Å²) in [7, 11) is 3.18. The van der Waals surface area contributed by atoms with Gasteiger partial charge in [-0.25, -0.2) is 0 Å². The van der Waals surface area contributed by atoms with Gasteiger partial charge in [0.25, 0.3) is 5.69 Å². The van der Waals surface area contributed by atoms with Crippen LogP contribution in [0, 0.1) is 10.1 Å². The van der Waals surface area contributed by atoms with Gasteiger partial charge in [0.1, 0.15) is 0 Å². The van der Waals surface area contributed by atoms with Crippen LogP contribution in [-0.4, -0.2) is 24.1 Å². The average Bonchev–Trinajstić information content (AvgIpc) is 2.65. The zero-order valence-electron chi connectivity index (χ0n) is 13.9. The maximum absolute atomic E-state index is 11.2. The van der Waals surface area contributed by atoms with E-state index in [0.29, 0.717) is 23.4 Å². The number of nitro groups is 1. The van der Waals surface area contributed by atoms with Gasteiger partial charge in [-0.1, -0.05) is 12.1 Å². The van der Waals surface area contributed by atoms with E-state index in [0.717, 1.165) is 16.6 Å². The average molecular weight is 339 g/mol. The molecule has 1 heterocycles. The van der Waals surface area contributed by atoms with E-state index < -0.39 is 4.92 Å². The van der Waals surface area contributed by atoms with Crippen LogP contribution in [0.1, 0.15) is 5.56 Å². The quantitative estimate of drug-likeness (QED) is 0.543. The minimum atomic E-state index is -0.404. The third-order valence-electron chi connectivity index (χ3n) is 3.95. The molecule has 7 heteroatoms. The van der Waals surface area contributed by atoms with E-state index in [1.165, 1.54) is 12.3 Å². The lowest BCUT2D eigenvalue weighted by Gasteiger charge is -2.14. The van der Waals surface area contributed by atoms with E-state index in [2.05, 4.69) is 10.3 Å². The molecule has 0 amide bonds. The van der Waals surface area contributed by atoms with Gasteiger partial charge < -0.3 is 14.8 Å². The van der Waals surface area contributed by atoms with Crippen LogP contribution in [0.2, 0.25) is 0 Å². The molecule has 3 aromatic rings. The largest absolute Gasteiger partial charge is 0.493 e. The summed E-state index contributed by atoms with van der Waals surface area (Å²) < 4.78 is 10.7. The van der Waals surface area contributed by atoms with E-state index in [4.69, 9.17) is 9.47 Å². The molecule has 0 unspecified atom stereocenters. The summed E-state index contributed by atoms with van der Waals surface area (Å²) >= 11 is 0. The molecule has 25 heavy (non-hydrogen) atoms. The van der Waals surface area contributed by atoms with Gasteiger partial charge in [0.2, 0.25) is 0 Å². The molecule has 128 valence electrons. The summed E-state index contributed by atoms with van der Waals surface area (Å²) in [6, 6.07) is 10.6. The van der Waals surface area contributed by atoms with E-state index in [9.17, 15) is 10.1 Å². The number of aromatic nitrogens is 1. The number of rotatable bonds is 6. The lowest BCUT2D eigenvalue weighted by Crippen LogP contribution is -2.04. The normalized spacial score (nSPS) is 10.5. The summed E-state index contributed by atoms with van der Waals surface area (Å²) in [6.07, 6.45) is 3.12. The number of anilines is 1. The van der Waals surface area contributed by atoms with Crippen LogP contribution in [-0.2, 0) is 6.54 Å². The highest BCUT2D eigenvalue weighted by molar-refractivity contribution is 5.99. The second kappa shape index (κ2) is 7.04. The van der Waals surface area contributed by atoms with Crippen LogP contribution in [0.15, 0.2) is 48.8 Å². The maximum Gasteiger partial charge on any atom is 0.278 e. The second-order valence-electron chi connectivity index (χ2n) is 5.32. The summed E-state index contributed by atoms with van der Waals surface area (Å²) in [5, 5.41) is 15.7. The molecule has 1 N–H and O–H groups in total. The number of nitro benzene ring substituents is 1. The van der Waals surface area contributed by atoms with Crippen molar-refractivity contribution in [3.63, 3.8) is 0 Å². The first kappa shape index (κ1) is 16.5. The lowest BCUT2D eigenvalue weighted by molar-refractivity contribution is -0.383. The first-order valence-corrected chi connectivity index (χ1v) is 7.60. The Morgan fingerprint density at radius 1 is 1.12 bits per heavy atom. The fourth-order valence-electron chi connectivity index (χ4n) is 2.77. The molecule has 0 fully saturated rings. The van der Waals surface area contributed by atoms with Crippen molar-refractivity contribution in [2.45, 2.75) is 6.54 Å². The van der Waals surface area contributed by atoms with Crippen LogP contribution < -0.4 is 14.8 Å². The van der Waals surface area contributed by atoms with Gasteiger partial charge in [0, 0.05) is 41.6 Å². The summed E-state index contributed by atoms with van der Waals surface area (Å²) in [4.78, 5) is 14.8. The van der Waals surface area contributed by atoms with Gasteiger partial charge in [-0.05, 0) is 18.2 Å². The molecule has 7 nitrogen and oxygen atoms in total. The Bertz CT molecular complexity index is 927. The van der Waals surface area contributed by atoms with Crippen molar-refractivity contribution < 1.29 is 14.4 Å². The van der Waals surface area contributed by atoms with E-state index in [1.807, 2.05) is 18.2 Å². The molecular weight excluding hydrogens is 322 g/mol. The number of hydrogen-bond acceptors (Lipinski definition) is 6. The lowest BCUT2D eigenvalue weighted by atomic mass is 10.1. The zero-order chi connectivity index (χ0) is 17.8. The molecule has 2 aromatic carbocycles. The van der Waals surface area contributed by atoms with Gasteiger partial charge in [-0.3, -0.25) is 15.1 Å². The van der Waals surface area contributed by atoms with Crippen LogP contribution in [0.5, 0.6) is 11.5 Å². The summed E-state index contributed by atoms with van der Waals surface area (Å²) in [5.41, 5.74) is 1.74. The Kier molecular flexibility index (Phi) is 4.65. The molecular formula is C18H17N3O4. The topological polar surface area (TPSA) is 86.5 Å². The third kappa shape index (κ3) is 3.16. The van der Waals surface area contributed by atoms with Crippen molar-refractivity contribution in [1.29, 1.82) is 0 Å². The molecule has 0 bridgehead atoms. The molecule has 0 aliphatic carbocycles. The SMILES string of the molecule is COc1cccc(CNc2ccc([N+](=O)[O-])c3cnccc23)c1OC. The number of ether oxygens (including phenoxy) is 2. The molecule has 1 aromatic heterocycles. The molecule has 0 aliphatic heterocycles. The van der Waals surface area contributed by atoms with Gasteiger partial charge in [-0.15, -0.1) is 0 Å². The van der Waals surface area contributed by atoms with Crippen molar-refractivity contribution in [1.82, 2.24) is 4.98 Å². The van der Waals surface area contributed by atoms with Gasteiger partial charge in [0.15, 0.2) is 11.5 Å². The number of fused-ring (bicyclic) bond motifs is 1. The highest BCUT2D eigenvalue weighted by Gasteiger charge is 2.15. The smallest absolute Gasteiger partial charge is 0.278 e. The Morgan fingerprint density at radius 2 is 1.96 bits per heavy atom. The fourth-order valence-corrected chi connectivity index (χ4v) is 2.77. The highest BCUT2D eigenvalue weighted by Crippen LogP contribution is 2.33. The standard InChI is InChI=1S/C18H17N3O4/c1-24-17-5-3-4-12(18(17)25-2)10-20-15-6-7-16(21(22)23)14-11-19-9-8-13(14)15/h3-9,11,20H,10H2,1-2H3. The number of benzene rings is 2. The van der Waals surface area contributed by atoms with Crippen LogP contribution >= 0.6 is 0 Å². The molecule has 0 saturated carbocycles. The fraction of sp³-hybridized carbons (Fsp3) is 0.167. The van der Waals surface area contributed by atoms with Gasteiger partial charge in [-0.2, -0.15) is 0 Å². The van der Waals surface area contributed by atoms with Crippen LogP contribution in [0.3, 0.4) is 0 Å². The highest BCUT2D eigenvalue weighted by atomic mass is 16.6. The molecule has 3 rings (SSSR count). The van der Waals surface area contributed by atoms with Crippen molar-refractivity contribution in [2.24, 2.45) is 0 Å². The molecule has 0 radical (unpaired) electrons. The Balaban J connectivity index is 1.95. The number of non-ortho nitro benzene ring substituents is 1. The van der Waals surface area contributed by atoms with Gasteiger partial charge >= 0.3 is 0 Å². The van der Waals surface area contributed by atoms with Crippen molar-refractivity contribution >= 4 is 22.1 Å². The number of methoxy groups -OCH3 is 2. The first-order valence-electron chi connectivity index (χ1n) is 7.60.